The highest BCUT2D eigenvalue weighted by Crippen LogP contribution is 2.26. The zero-order valence-corrected chi connectivity index (χ0v) is 12.7. The summed E-state index contributed by atoms with van der Waals surface area (Å²) in [4.78, 5) is 8.66. The van der Waals surface area contributed by atoms with Gasteiger partial charge in [-0.2, -0.15) is 0 Å². The van der Waals surface area contributed by atoms with Crippen LogP contribution in [0.1, 0.15) is 43.2 Å². The van der Waals surface area contributed by atoms with Crippen LogP contribution in [0.2, 0.25) is 0 Å². The Hall–Kier alpha value is -1.37. The molecule has 108 valence electrons. The third-order valence-electron chi connectivity index (χ3n) is 3.02. The molecule has 2 aromatic rings. The summed E-state index contributed by atoms with van der Waals surface area (Å²) < 4.78 is 13.7. The molecular weight excluding hydrogens is 275 g/mol. The molecule has 0 aliphatic carbocycles. The van der Waals surface area contributed by atoms with Crippen molar-refractivity contribution in [3.63, 3.8) is 0 Å². The molecule has 0 aliphatic rings. The number of aromatic nitrogens is 2. The Balaban J connectivity index is 2.19. The van der Waals surface area contributed by atoms with E-state index < -0.39 is 0 Å². The van der Waals surface area contributed by atoms with Crippen LogP contribution in [-0.4, -0.2) is 9.97 Å². The Bertz CT molecular complexity index is 577. The van der Waals surface area contributed by atoms with Crippen molar-refractivity contribution in [3.05, 3.63) is 45.9 Å². The molecule has 0 saturated carbocycles. The Kier molecular flexibility index (Phi) is 4.47. The summed E-state index contributed by atoms with van der Waals surface area (Å²) in [7, 11) is 0. The van der Waals surface area contributed by atoms with Crippen molar-refractivity contribution >= 4 is 11.3 Å². The number of hydrazine groups is 1. The second-order valence-electron chi connectivity index (χ2n) is 5.67. The van der Waals surface area contributed by atoms with Crippen molar-refractivity contribution in [2.75, 3.05) is 0 Å². The van der Waals surface area contributed by atoms with Crippen LogP contribution in [-0.2, 0) is 11.8 Å². The van der Waals surface area contributed by atoms with Crippen LogP contribution in [0.25, 0.3) is 0 Å². The topological polar surface area (TPSA) is 63.8 Å². The summed E-state index contributed by atoms with van der Waals surface area (Å²) in [5, 5.41) is 2.96. The van der Waals surface area contributed by atoms with Crippen molar-refractivity contribution in [3.8, 4) is 0 Å². The Labute approximate surface area is 122 Å². The summed E-state index contributed by atoms with van der Waals surface area (Å²) in [5.74, 6) is 5.18. The van der Waals surface area contributed by atoms with Gasteiger partial charge >= 0.3 is 0 Å². The van der Waals surface area contributed by atoms with Gasteiger partial charge in [0.25, 0.3) is 0 Å². The van der Waals surface area contributed by atoms with Crippen molar-refractivity contribution in [2.24, 2.45) is 5.84 Å². The first-order valence-corrected chi connectivity index (χ1v) is 7.31. The molecule has 2 aromatic heterocycles. The van der Waals surface area contributed by atoms with E-state index in [9.17, 15) is 4.39 Å². The fourth-order valence-electron chi connectivity index (χ4n) is 1.81. The molecule has 0 aliphatic heterocycles. The maximum Gasteiger partial charge on any atom is 0.146 e. The third kappa shape index (κ3) is 3.39. The van der Waals surface area contributed by atoms with Crippen LogP contribution >= 0.6 is 11.3 Å². The zero-order valence-electron chi connectivity index (χ0n) is 11.9. The van der Waals surface area contributed by atoms with E-state index in [2.05, 4.69) is 36.2 Å². The van der Waals surface area contributed by atoms with Crippen LogP contribution in [0.5, 0.6) is 0 Å². The van der Waals surface area contributed by atoms with E-state index in [1.54, 1.807) is 23.6 Å². The van der Waals surface area contributed by atoms with Crippen LogP contribution < -0.4 is 11.3 Å². The number of nitrogens with one attached hydrogen (secondary N) is 1. The fourth-order valence-corrected chi connectivity index (χ4v) is 2.88. The van der Waals surface area contributed by atoms with Crippen LogP contribution in [0.4, 0.5) is 4.39 Å². The summed E-state index contributed by atoms with van der Waals surface area (Å²) in [6.07, 6.45) is 2.08. The van der Waals surface area contributed by atoms with Crippen LogP contribution in [0, 0.1) is 5.82 Å². The molecule has 0 amide bonds. The number of rotatable bonds is 4. The number of thiazole rings is 1. The Morgan fingerprint density at radius 3 is 2.75 bits per heavy atom. The molecule has 3 N–H and O–H groups in total. The summed E-state index contributed by atoms with van der Waals surface area (Å²) in [5.41, 5.74) is 3.99. The first-order chi connectivity index (χ1) is 9.41. The molecule has 6 heteroatoms. The molecule has 0 bridgehead atoms. The molecule has 1 atom stereocenters. The van der Waals surface area contributed by atoms with Gasteiger partial charge in [0.15, 0.2) is 0 Å². The van der Waals surface area contributed by atoms with E-state index in [1.165, 1.54) is 6.07 Å². The number of halogens is 1. The lowest BCUT2D eigenvalue weighted by Crippen LogP contribution is -2.31. The molecule has 0 spiro atoms. The van der Waals surface area contributed by atoms with Crippen molar-refractivity contribution in [1.82, 2.24) is 15.4 Å². The van der Waals surface area contributed by atoms with Gasteiger partial charge in [-0.05, 0) is 12.1 Å². The maximum atomic E-state index is 13.7. The summed E-state index contributed by atoms with van der Waals surface area (Å²) in [6.45, 7) is 6.34. The normalized spacial score (nSPS) is 13.4. The molecule has 1 unspecified atom stereocenters. The highest BCUT2D eigenvalue weighted by atomic mass is 32.1. The molecule has 0 fully saturated rings. The average Bonchev–Trinajstić information content (AvgIpc) is 2.85. The monoisotopic (exact) mass is 294 g/mol. The number of nitrogens with zero attached hydrogens (tertiary/aromatic N) is 2. The Morgan fingerprint density at radius 1 is 1.45 bits per heavy atom. The minimum atomic E-state index is -0.379. The van der Waals surface area contributed by atoms with E-state index in [-0.39, 0.29) is 17.3 Å². The van der Waals surface area contributed by atoms with Crippen molar-refractivity contribution < 1.29 is 4.39 Å². The standard InChI is InChI=1S/C14H19FN4S/c1-14(2,3)11-8-20-12(18-11)7-10(19-16)13-9(15)5-4-6-17-13/h4-6,8,10,19H,7,16H2,1-3H3. The van der Waals surface area contributed by atoms with E-state index in [1.807, 2.05) is 5.38 Å². The van der Waals surface area contributed by atoms with Gasteiger partial charge in [0, 0.05) is 23.4 Å². The second-order valence-corrected chi connectivity index (χ2v) is 6.61. The van der Waals surface area contributed by atoms with Gasteiger partial charge in [-0.25, -0.2) is 9.37 Å². The predicted octanol–water partition coefficient (Wildman–Crippen LogP) is 2.72. The summed E-state index contributed by atoms with van der Waals surface area (Å²) >= 11 is 1.56. The van der Waals surface area contributed by atoms with E-state index in [0.29, 0.717) is 12.1 Å². The lowest BCUT2D eigenvalue weighted by molar-refractivity contribution is 0.492. The SMILES string of the molecule is CC(C)(C)c1csc(CC(NN)c2ncccc2F)n1. The minimum absolute atomic E-state index is 0.0106. The lowest BCUT2D eigenvalue weighted by atomic mass is 9.93. The van der Waals surface area contributed by atoms with Gasteiger partial charge in [0.1, 0.15) is 5.82 Å². The van der Waals surface area contributed by atoms with Gasteiger partial charge < -0.3 is 0 Å². The zero-order chi connectivity index (χ0) is 14.8. The van der Waals surface area contributed by atoms with Crippen LogP contribution in [0.3, 0.4) is 0 Å². The van der Waals surface area contributed by atoms with E-state index >= 15 is 0 Å². The molecule has 0 radical (unpaired) electrons. The maximum absolute atomic E-state index is 13.7. The average molecular weight is 294 g/mol. The third-order valence-corrected chi connectivity index (χ3v) is 3.89. The van der Waals surface area contributed by atoms with E-state index in [4.69, 9.17) is 5.84 Å². The van der Waals surface area contributed by atoms with Crippen molar-refractivity contribution in [2.45, 2.75) is 38.6 Å². The predicted molar refractivity (Wildman–Crippen MR) is 78.8 cm³/mol. The molecular formula is C14H19FN4S. The smallest absolute Gasteiger partial charge is 0.146 e. The first kappa shape index (κ1) is 15.0. The van der Waals surface area contributed by atoms with Crippen molar-refractivity contribution in [1.29, 1.82) is 0 Å². The van der Waals surface area contributed by atoms with Gasteiger partial charge in [-0.1, -0.05) is 20.8 Å². The number of nitrogens with two attached hydrogens (primary N) is 1. The number of hydrogen-bond acceptors (Lipinski definition) is 5. The lowest BCUT2D eigenvalue weighted by Gasteiger charge is -2.16. The van der Waals surface area contributed by atoms with Crippen LogP contribution in [0.15, 0.2) is 23.7 Å². The number of hydrogen-bond donors (Lipinski definition) is 2. The second kappa shape index (κ2) is 5.95. The highest BCUT2D eigenvalue weighted by Gasteiger charge is 2.21. The quantitative estimate of drug-likeness (QED) is 0.672. The first-order valence-electron chi connectivity index (χ1n) is 6.43. The Morgan fingerprint density at radius 2 is 2.20 bits per heavy atom. The molecule has 0 saturated heterocycles. The fraction of sp³-hybridized carbons (Fsp3) is 0.429. The van der Waals surface area contributed by atoms with Gasteiger partial charge in [-0.3, -0.25) is 16.3 Å². The van der Waals surface area contributed by atoms with Gasteiger partial charge in [-0.15, -0.1) is 11.3 Å². The molecule has 20 heavy (non-hydrogen) atoms. The minimum Gasteiger partial charge on any atom is -0.271 e. The molecule has 2 rings (SSSR count). The molecule has 2 heterocycles. The molecule has 4 nitrogen and oxygen atoms in total. The van der Waals surface area contributed by atoms with Gasteiger partial charge in [0.2, 0.25) is 0 Å². The number of pyridine rings is 1. The molecule has 0 aromatic carbocycles. The summed E-state index contributed by atoms with van der Waals surface area (Å²) in [6, 6.07) is 2.57. The highest BCUT2D eigenvalue weighted by molar-refractivity contribution is 7.09. The van der Waals surface area contributed by atoms with E-state index in [0.717, 1.165) is 10.7 Å². The largest absolute Gasteiger partial charge is 0.271 e. The van der Waals surface area contributed by atoms with Gasteiger partial charge in [0.05, 0.1) is 22.4 Å².